The summed E-state index contributed by atoms with van der Waals surface area (Å²) >= 11 is 0. The molecule has 1 fully saturated rings. The van der Waals surface area contributed by atoms with Crippen LogP contribution in [0, 0.1) is 11.7 Å². The highest BCUT2D eigenvalue weighted by atomic mass is 35.5. The molecule has 3 nitrogen and oxygen atoms in total. The van der Waals surface area contributed by atoms with Gasteiger partial charge >= 0.3 is 6.18 Å². The fraction of sp³-hybridized carbons (Fsp3) is 0.533. The Kier molecular flexibility index (Phi) is 6.41. The van der Waals surface area contributed by atoms with E-state index in [-0.39, 0.29) is 25.0 Å². The molecule has 2 atom stereocenters. The molecule has 1 aromatic rings. The van der Waals surface area contributed by atoms with Crippen LogP contribution in [0.4, 0.5) is 17.6 Å². The zero-order valence-corrected chi connectivity index (χ0v) is 13.4. The lowest BCUT2D eigenvalue weighted by molar-refractivity contribution is -0.140. The van der Waals surface area contributed by atoms with Gasteiger partial charge in [-0.1, -0.05) is 13.0 Å². The van der Waals surface area contributed by atoms with Crippen molar-refractivity contribution in [2.24, 2.45) is 11.7 Å². The maximum absolute atomic E-state index is 14.1. The van der Waals surface area contributed by atoms with Gasteiger partial charge in [0, 0.05) is 19.1 Å². The highest BCUT2D eigenvalue weighted by Crippen LogP contribution is 2.33. The lowest BCUT2D eigenvalue weighted by Crippen LogP contribution is -2.49. The van der Waals surface area contributed by atoms with Crippen molar-refractivity contribution in [1.82, 2.24) is 4.90 Å². The average molecular weight is 355 g/mol. The van der Waals surface area contributed by atoms with Crippen molar-refractivity contribution in [3.63, 3.8) is 0 Å². The number of alkyl halides is 3. The van der Waals surface area contributed by atoms with Gasteiger partial charge in [-0.3, -0.25) is 4.79 Å². The molecule has 0 aliphatic carbocycles. The summed E-state index contributed by atoms with van der Waals surface area (Å²) in [7, 11) is 0. The molecule has 0 spiro atoms. The molecule has 1 amide bonds. The van der Waals surface area contributed by atoms with Crippen LogP contribution in [0.5, 0.6) is 0 Å². The quantitative estimate of drug-likeness (QED) is 0.827. The number of likely N-dealkylation sites (tertiary alicyclic amines) is 1. The topological polar surface area (TPSA) is 46.3 Å². The zero-order chi connectivity index (χ0) is 16.5. The third-order valence-electron chi connectivity index (χ3n) is 4.05. The molecule has 8 heteroatoms. The Morgan fingerprint density at radius 1 is 1.39 bits per heavy atom. The van der Waals surface area contributed by atoms with E-state index in [0.29, 0.717) is 24.9 Å². The Bertz CT molecular complexity index is 565. The van der Waals surface area contributed by atoms with Crippen LogP contribution in [-0.4, -0.2) is 29.9 Å². The number of carbonyl (C=O) groups excluding carboxylic acids is 1. The second-order valence-corrected chi connectivity index (χ2v) is 5.68. The van der Waals surface area contributed by atoms with Crippen LogP contribution in [0.15, 0.2) is 18.2 Å². The molecule has 2 unspecified atom stereocenters. The number of amides is 1. The first kappa shape index (κ1) is 19.7. The SMILES string of the molecule is CC1CCN(C(=O)c2cccc(C(F)(F)F)c2F)C(CN)C1.Cl. The second kappa shape index (κ2) is 7.49. The fourth-order valence-corrected chi connectivity index (χ4v) is 2.81. The van der Waals surface area contributed by atoms with Gasteiger partial charge in [0.25, 0.3) is 5.91 Å². The van der Waals surface area contributed by atoms with Gasteiger partial charge in [-0.15, -0.1) is 12.4 Å². The van der Waals surface area contributed by atoms with Crippen LogP contribution in [-0.2, 0) is 6.18 Å². The van der Waals surface area contributed by atoms with E-state index in [2.05, 4.69) is 0 Å². The van der Waals surface area contributed by atoms with Gasteiger partial charge in [-0.2, -0.15) is 13.2 Å². The van der Waals surface area contributed by atoms with Crippen molar-refractivity contribution >= 4 is 18.3 Å². The van der Waals surface area contributed by atoms with Gasteiger partial charge in [0.15, 0.2) is 0 Å². The summed E-state index contributed by atoms with van der Waals surface area (Å²) in [5.41, 5.74) is 3.67. The standard InChI is InChI=1S/C15H18F4N2O.ClH/c1-9-5-6-21(10(7-9)8-20)14(22)11-3-2-4-12(13(11)16)15(17,18)19;/h2-4,9-10H,5-8,20H2,1H3;1H. The van der Waals surface area contributed by atoms with Gasteiger partial charge < -0.3 is 10.6 Å². The molecule has 2 N–H and O–H groups in total. The van der Waals surface area contributed by atoms with Crippen molar-refractivity contribution in [3.05, 3.63) is 35.1 Å². The van der Waals surface area contributed by atoms with Crippen molar-refractivity contribution in [2.75, 3.05) is 13.1 Å². The maximum Gasteiger partial charge on any atom is 0.419 e. The van der Waals surface area contributed by atoms with E-state index >= 15 is 0 Å². The van der Waals surface area contributed by atoms with E-state index in [0.717, 1.165) is 18.6 Å². The first-order valence-electron chi connectivity index (χ1n) is 7.12. The van der Waals surface area contributed by atoms with Crippen molar-refractivity contribution < 1.29 is 22.4 Å². The molecular formula is C15H19ClF4N2O. The molecule has 0 radical (unpaired) electrons. The first-order valence-corrected chi connectivity index (χ1v) is 7.12. The summed E-state index contributed by atoms with van der Waals surface area (Å²) in [5, 5.41) is 0. The van der Waals surface area contributed by atoms with Gasteiger partial charge in [0.2, 0.25) is 0 Å². The normalized spacial score (nSPS) is 21.7. The Labute approximate surface area is 138 Å². The van der Waals surface area contributed by atoms with E-state index in [4.69, 9.17) is 5.73 Å². The smallest absolute Gasteiger partial charge is 0.334 e. The predicted molar refractivity (Wildman–Crippen MR) is 80.9 cm³/mol. The van der Waals surface area contributed by atoms with Gasteiger partial charge in [0.05, 0.1) is 11.1 Å². The van der Waals surface area contributed by atoms with Gasteiger partial charge in [-0.05, 0) is 30.9 Å². The molecule has 130 valence electrons. The largest absolute Gasteiger partial charge is 0.419 e. The van der Waals surface area contributed by atoms with Gasteiger partial charge in [0.1, 0.15) is 5.82 Å². The highest BCUT2D eigenvalue weighted by molar-refractivity contribution is 5.95. The van der Waals surface area contributed by atoms with E-state index in [1.54, 1.807) is 0 Å². The number of benzene rings is 1. The summed E-state index contributed by atoms with van der Waals surface area (Å²) in [4.78, 5) is 13.8. The third-order valence-corrected chi connectivity index (χ3v) is 4.05. The molecule has 0 aromatic heterocycles. The van der Waals surface area contributed by atoms with Crippen LogP contribution in [0.1, 0.15) is 35.7 Å². The number of piperidine rings is 1. The molecule has 0 bridgehead atoms. The minimum absolute atomic E-state index is 0. The number of hydrogen-bond donors (Lipinski definition) is 1. The summed E-state index contributed by atoms with van der Waals surface area (Å²) in [6, 6.07) is 2.48. The Hall–Kier alpha value is -1.34. The summed E-state index contributed by atoms with van der Waals surface area (Å²) in [5.74, 6) is -1.87. The molecule has 1 aliphatic rings. The molecule has 1 aromatic carbocycles. The predicted octanol–water partition coefficient (Wildman–Crippen LogP) is 3.47. The van der Waals surface area contributed by atoms with Gasteiger partial charge in [-0.25, -0.2) is 4.39 Å². The number of hydrogen-bond acceptors (Lipinski definition) is 2. The molecule has 0 saturated carbocycles. The number of nitrogens with two attached hydrogens (primary N) is 1. The second-order valence-electron chi connectivity index (χ2n) is 5.68. The Balaban J connectivity index is 0.00000264. The first-order chi connectivity index (χ1) is 10.3. The van der Waals surface area contributed by atoms with E-state index in [1.165, 1.54) is 4.90 Å². The Morgan fingerprint density at radius 3 is 2.61 bits per heavy atom. The summed E-state index contributed by atoms with van der Waals surface area (Å²) < 4.78 is 52.3. The number of rotatable bonds is 2. The van der Waals surface area contributed by atoms with E-state index in [9.17, 15) is 22.4 Å². The number of carbonyl (C=O) groups is 1. The van der Waals surface area contributed by atoms with Crippen LogP contribution >= 0.6 is 12.4 Å². The molecule has 1 saturated heterocycles. The van der Waals surface area contributed by atoms with Crippen LogP contribution in [0.3, 0.4) is 0 Å². The average Bonchev–Trinajstić information content (AvgIpc) is 2.45. The lowest BCUT2D eigenvalue weighted by atomic mass is 9.91. The number of nitrogens with zero attached hydrogens (tertiary/aromatic N) is 1. The van der Waals surface area contributed by atoms with Crippen LogP contribution in [0.2, 0.25) is 0 Å². The van der Waals surface area contributed by atoms with Crippen molar-refractivity contribution in [1.29, 1.82) is 0 Å². The van der Waals surface area contributed by atoms with E-state index in [1.807, 2.05) is 6.92 Å². The van der Waals surface area contributed by atoms with Crippen molar-refractivity contribution in [2.45, 2.75) is 32.0 Å². The molecule has 1 heterocycles. The fourth-order valence-electron chi connectivity index (χ4n) is 2.81. The molecule has 1 aliphatic heterocycles. The summed E-state index contributed by atoms with van der Waals surface area (Å²) in [6.45, 7) is 2.60. The maximum atomic E-state index is 14.1. The Morgan fingerprint density at radius 2 is 2.04 bits per heavy atom. The van der Waals surface area contributed by atoms with Crippen LogP contribution in [0.25, 0.3) is 0 Å². The number of halogens is 5. The van der Waals surface area contributed by atoms with E-state index < -0.39 is 29.0 Å². The lowest BCUT2D eigenvalue weighted by Gasteiger charge is -2.38. The van der Waals surface area contributed by atoms with Crippen molar-refractivity contribution in [3.8, 4) is 0 Å². The monoisotopic (exact) mass is 354 g/mol. The molecular weight excluding hydrogens is 336 g/mol. The van der Waals surface area contributed by atoms with Crippen LogP contribution < -0.4 is 5.73 Å². The third kappa shape index (κ3) is 4.14. The highest BCUT2D eigenvalue weighted by Gasteiger charge is 2.37. The molecule has 2 rings (SSSR count). The minimum Gasteiger partial charge on any atom is -0.334 e. The molecule has 23 heavy (non-hydrogen) atoms. The minimum atomic E-state index is -4.83. The summed E-state index contributed by atoms with van der Waals surface area (Å²) in [6.07, 6.45) is -3.43. The zero-order valence-electron chi connectivity index (χ0n) is 12.6.